The minimum atomic E-state index is -0.895. The molecule has 0 amide bonds. The predicted octanol–water partition coefficient (Wildman–Crippen LogP) is 2.17. The Morgan fingerprint density at radius 1 is 1.57 bits per heavy atom. The third kappa shape index (κ3) is 2.98. The average molecular weight is 196 g/mol. The zero-order valence-corrected chi connectivity index (χ0v) is 8.45. The number of carbonyl (C=O) groups excluding carboxylic acids is 1. The Kier molecular flexibility index (Phi) is 3.86. The molecule has 1 fully saturated rings. The van der Waals surface area contributed by atoms with Gasteiger partial charge in [0.2, 0.25) is 0 Å². The van der Waals surface area contributed by atoms with Gasteiger partial charge in [0.1, 0.15) is 5.78 Å². The highest BCUT2D eigenvalue weighted by Gasteiger charge is 2.20. The predicted molar refractivity (Wildman–Crippen MR) is 53.0 cm³/mol. The Balaban J connectivity index is 2.47. The molecule has 1 saturated carbocycles. The van der Waals surface area contributed by atoms with Crippen molar-refractivity contribution in [2.75, 3.05) is 0 Å². The number of carboxylic acid groups (broad SMARTS) is 1. The number of ketones is 1. The van der Waals surface area contributed by atoms with E-state index in [1.165, 1.54) is 0 Å². The molecule has 0 heterocycles. The summed E-state index contributed by atoms with van der Waals surface area (Å²) in [5.74, 6) is -0.531. The Hall–Kier alpha value is -1.12. The number of carboxylic acids is 1. The molecule has 0 aliphatic heterocycles. The average Bonchev–Trinajstić information content (AvgIpc) is 2.16. The zero-order valence-electron chi connectivity index (χ0n) is 8.45. The van der Waals surface area contributed by atoms with Crippen LogP contribution in [0.5, 0.6) is 0 Å². The van der Waals surface area contributed by atoms with Gasteiger partial charge in [0.15, 0.2) is 0 Å². The molecule has 1 aliphatic carbocycles. The fourth-order valence-electron chi connectivity index (χ4n) is 1.71. The quantitative estimate of drug-likeness (QED) is 0.704. The number of allylic oxidation sites excluding steroid dienone is 1. The van der Waals surface area contributed by atoms with Crippen LogP contribution in [-0.4, -0.2) is 16.9 Å². The van der Waals surface area contributed by atoms with E-state index in [2.05, 4.69) is 0 Å². The van der Waals surface area contributed by atoms with Crippen LogP contribution in [0.25, 0.3) is 0 Å². The molecule has 1 unspecified atom stereocenters. The standard InChI is InChI=1S/C11H16O3/c1-8(11(13)14)6-7-9-4-2-3-5-10(9)12/h6,9H,2-5,7H2,1H3,(H,13,14)/b8-6+. The smallest absolute Gasteiger partial charge is 0.330 e. The van der Waals surface area contributed by atoms with Crippen LogP contribution in [0.3, 0.4) is 0 Å². The zero-order chi connectivity index (χ0) is 10.6. The first-order chi connectivity index (χ1) is 6.61. The van der Waals surface area contributed by atoms with Crippen molar-refractivity contribution in [3.63, 3.8) is 0 Å². The van der Waals surface area contributed by atoms with Crippen molar-refractivity contribution >= 4 is 11.8 Å². The number of Topliss-reactive ketones (excluding diaryl/α,β-unsaturated/α-hetero) is 1. The first-order valence-electron chi connectivity index (χ1n) is 5.04. The van der Waals surface area contributed by atoms with Crippen LogP contribution in [-0.2, 0) is 9.59 Å². The second kappa shape index (κ2) is 4.94. The van der Waals surface area contributed by atoms with Gasteiger partial charge in [-0.05, 0) is 26.2 Å². The van der Waals surface area contributed by atoms with Gasteiger partial charge in [-0.3, -0.25) is 4.79 Å². The van der Waals surface area contributed by atoms with Crippen LogP contribution in [0.1, 0.15) is 39.0 Å². The molecule has 0 radical (unpaired) electrons. The lowest BCUT2D eigenvalue weighted by Gasteiger charge is -2.18. The molecular formula is C11H16O3. The fraction of sp³-hybridized carbons (Fsp3) is 0.636. The second-order valence-electron chi connectivity index (χ2n) is 3.84. The molecule has 0 bridgehead atoms. The second-order valence-corrected chi connectivity index (χ2v) is 3.84. The summed E-state index contributed by atoms with van der Waals surface area (Å²) in [6.07, 6.45) is 5.94. The Bertz CT molecular complexity index is 266. The lowest BCUT2D eigenvalue weighted by atomic mass is 9.85. The maximum Gasteiger partial charge on any atom is 0.330 e. The lowest BCUT2D eigenvalue weighted by Crippen LogP contribution is -2.18. The van der Waals surface area contributed by atoms with Gasteiger partial charge in [0, 0.05) is 17.9 Å². The highest BCUT2D eigenvalue weighted by Crippen LogP contribution is 2.24. The molecule has 78 valence electrons. The van der Waals surface area contributed by atoms with Gasteiger partial charge >= 0.3 is 5.97 Å². The fourth-order valence-corrected chi connectivity index (χ4v) is 1.71. The van der Waals surface area contributed by atoms with E-state index in [0.29, 0.717) is 24.2 Å². The number of rotatable bonds is 3. The van der Waals surface area contributed by atoms with Gasteiger partial charge < -0.3 is 5.11 Å². The summed E-state index contributed by atoms with van der Waals surface area (Å²) in [4.78, 5) is 21.9. The molecule has 1 rings (SSSR count). The van der Waals surface area contributed by atoms with Gasteiger partial charge in [-0.25, -0.2) is 4.79 Å². The van der Waals surface area contributed by atoms with Crippen molar-refractivity contribution in [1.29, 1.82) is 0 Å². The van der Waals surface area contributed by atoms with Crippen molar-refractivity contribution in [3.8, 4) is 0 Å². The summed E-state index contributed by atoms with van der Waals surface area (Å²) in [7, 11) is 0. The van der Waals surface area contributed by atoms with Gasteiger partial charge in [0.25, 0.3) is 0 Å². The Morgan fingerprint density at radius 2 is 2.29 bits per heavy atom. The lowest BCUT2D eigenvalue weighted by molar-refractivity contribution is -0.132. The Morgan fingerprint density at radius 3 is 2.86 bits per heavy atom. The van der Waals surface area contributed by atoms with E-state index >= 15 is 0 Å². The highest BCUT2D eigenvalue weighted by atomic mass is 16.4. The Labute approximate surface area is 83.8 Å². The normalized spacial score (nSPS) is 23.6. The van der Waals surface area contributed by atoms with Crippen molar-refractivity contribution < 1.29 is 14.7 Å². The molecule has 14 heavy (non-hydrogen) atoms. The first-order valence-corrected chi connectivity index (χ1v) is 5.04. The summed E-state index contributed by atoms with van der Waals surface area (Å²) in [5.41, 5.74) is 0.336. The van der Waals surface area contributed by atoms with Crippen LogP contribution < -0.4 is 0 Å². The van der Waals surface area contributed by atoms with Crippen molar-refractivity contribution in [1.82, 2.24) is 0 Å². The van der Waals surface area contributed by atoms with E-state index in [0.717, 1.165) is 19.3 Å². The topological polar surface area (TPSA) is 54.4 Å². The van der Waals surface area contributed by atoms with Gasteiger partial charge in [0.05, 0.1) is 0 Å². The molecule has 1 N–H and O–H groups in total. The summed E-state index contributed by atoms with van der Waals surface area (Å²) in [6, 6.07) is 0. The third-order valence-electron chi connectivity index (χ3n) is 2.73. The molecule has 3 heteroatoms. The molecule has 0 aromatic heterocycles. The van der Waals surface area contributed by atoms with E-state index in [4.69, 9.17) is 5.11 Å². The van der Waals surface area contributed by atoms with Gasteiger partial charge in [-0.15, -0.1) is 0 Å². The maximum absolute atomic E-state index is 11.4. The van der Waals surface area contributed by atoms with Gasteiger partial charge in [-0.2, -0.15) is 0 Å². The van der Waals surface area contributed by atoms with Crippen LogP contribution in [0.2, 0.25) is 0 Å². The molecule has 0 aromatic rings. The van der Waals surface area contributed by atoms with Crippen LogP contribution in [0, 0.1) is 5.92 Å². The third-order valence-corrected chi connectivity index (χ3v) is 2.73. The number of hydrogen-bond acceptors (Lipinski definition) is 2. The molecule has 1 aliphatic rings. The minimum absolute atomic E-state index is 0.0676. The molecular weight excluding hydrogens is 180 g/mol. The molecule has 0 aromatic carbocycles. The van der Waals surface area contributed by atoms with Crippen LogP contribution >= 0.6 is 0 Å². The highest BCUT2D eigenvalue weighted by molar-refractivity contribution is 5.86. The summed E-state index contributed by atoms with van der Waals surface area (Å²) < 4.78 is 0. The molecule has 0 saturated heterocycles. The maximum atomic E-state index is 11.4. The number of aliphatic carboxylic acids is 1. The van der Waals surface area contributed by atoms with E-state index < -0.39 is 5.97 Å². The minimum Gasteiger partial charge on any atom is -0.478 e. The summed E-state index contributed by atoms with van der Waals surface area (Å²) in [5, 5.41) is 8.62. The largest absolute Gasteiger partial charge is 0.478 e. The number of carbonyl (C=O) groups is 2. The first kappa shape index (κ1) is 11.0. The van der Waals surface area contributed by atoms with Crippen molar-refractivity contribution in [2.24, 2.45) is 5.92 Å². The summed E-state index contributed by atoms with van der Waals surface area (Å²) >= 11 is 0. The number of hydrogen-bond donors (Lipinski definition) is 1. The van der Waals surface area contributed by atoms with E-state index in [-0.39, 0.29) is 5.92 Å². The summed E-state index contributed by atoms with van der Waals surface area (Å²) in [6.45, 7) is 1.57. The molecule has 1 atom stereocenters. The van der Waals surface area contributed by atoms with E-state index in [9.17, 15) is 9.59 Å². The van der Waals surface area contributed by atoms with E-state index in [1.807, 2.05) is 0 Å². The van der Waals surface area contributed by atoms with Crippen molar-refractivity contribution in [3.05, 3.63) is 11.6 Å². The van der Waals surface area contributed by atoms with Crippen LogP contribution in [0.4, 0.5) is 0 Å². The van der Waals surface area contributed by atoms with E-state index in [1.54, 1.807) is 13.0 Å². The van der Waals surface area contributed by atoms with Crippen molar-refractivity contribution in [2.45, 2.75) is 39.0 Å². The van der Waals surface area contributed by atoms with Gasteiger partial charge in [-0.1, -0.05) is 12.5 Å². The molecule has 0 spiro atoms. The SMILES string of the molecule is C/C(=C\CC1CCCCC1=O)C(=O)O. The molecule has 3 nitrogen and oxygen atoms in total. The van der Waals surface area contributed by atoms with Crippen LogP contribution in [0.15, 0.2) is 11.6 Å². The monoisotopic (exact) mass is 196 g/mol.